The molecule has 0 radical (unpaired) electrons. The molecule has 0 bridgehead atoms. The number of nitrogens with one attached hydrogen (secondary N) is 1. The molecule has 0 spiro atoms. The first-order valence-corrected chi connectivity index (χ1v) is 2.31. The van der Waals surface area contributed by atoms with Gasteiger partial charge in [0.2, 0.25) is 12.3 Å². The molecule has 0 rings (SSSR count). The zero-order valence-electron chi connectivity index (χ0n) is 6.00. The van der Waals surface area contributed by atoms with Crippen LogP contribution in [-0.2, 0) is 9.59 Å². The molecule has 0 atom stereocenters. The van der Waals surface area contributed by atoms with Crippen LogP contribution >= 0.6 is 0 Å². The minimum absolute atomic E-state index is 0. The van der Waals surface area contributed by atoms with Crippen LogP contribution < -0.4 is 56.7 Å². The molecule has 0 aromatic heterocycles. The molecular formula is C5H7KN2O2. The van der Waals surface area contributed by atoms with E-state index >= 15 is 0 Å². The van der Waals surface area contributed by atoms with Gasteiger partial charge in [-0.15, -0.1) is 7.05 Å². The van der Waals surface area contributed by atoms with Crippen LogP contribution in [0.1, 0.15) is 0 Å². The Labute approximate surface area is 102 Å². The topological polar surface area (TPSA) is 60.3 Å². The van der Waals surface area contributed by atoms with Crippen molar-refractivity contribution in [2.75, 3.05) is 7.05 Å². The number of nitrogens with zero attached hydrogens (tertiary/aromatic N) is 1. The Kier molecular flexibility index (Phi) is 12.1. The Hall–Kier alpha value is 0.316. The fraction of sp³-hybridized carbons (Fsp3) is 0.200. The average Bonchev–Trinajstić information content (AvgIpc) is 1.85. The minimum atomic E-state index is -0.462. The van der Waals surface area contributed by atoms with Crippen LogP contribution in [0.25, 0.3) is 5.32 Å². The van der Waals surface area contributed by atoms with E-state index in [9.17, 15) is 9.59 Å². The van der Waals surface area contributed by atoms with E-state index < -0.39 is 5.91 Å². The number of hydrogen-bond donors (Lipinski definition) is 1. The zero-order valence-corrected chi connectivity index (χ0v) is 9.12. The summed E-state index contributed by atoms with van der Waals surface area (Å²) in [6, 6.07) is 0. The first-order valence-electron chi connectivity index (χ1n) is 2.31. The van der Waals surface area contributed by atoms with Crippen molar-refractivity contribution in [3.8, 4) is 0 Å². The molecule has 0 aliphatic carbocycles. The smallest absolute Gasteiger partial charge is 0.693 e. The summed E-state index contributed by atoms with van der Waals surface area (Å²) in [5.74, 6) is -0.462. The first-order chi connectivity index (χ1) is 4.31. The van der Waals surface area contributed by atoms with Gasteiger partial charge in [0.25, 0.3) is 0 Å². The zero-order chi connectivity index (χ0) is 7.11. The van der Waals surface area contributed by atoms with Gasteiger partial charge in [-0.25, -0.2) is 0 Å². The van der Waals surface area contributed by atoms with E-state index in [0.29, 0.717) is 6.41 Å². The number of rotatable bonds is 3. The summed E-state index contributed by atoms with van der Waals surface area (Å²) in [5.41, 5.74) is 0. The predicted octanol–water partition coefficient (Wildman–Crippen LogP) is -3.22. The minimum Gasteiger partial charge on any atom is -0.693 e. The number of amides is 2. The number of carbonyl (C=O) groups excluding carboxylic acids is 2. The van der Waals surface area contributed by atoms with E-state index in [0.717, 1.165) is 6.08 Å². The molecule has 0 aromatic rings. The van der Waals surface area contributed by atoms with Crippen molar-refractivity contribution in [1.29, 1.82) is 0 Å². The van der Waals surface area contributed by atoms with Crippen LogP contribution in [0, 0.1) is 0 Å². The van der Waals surface area contributed by atoms with Crippen molar-refractivity contribution >= 4 is 12.3 Å². The molecule has 0 aliphatic heterocycles. The third-order valence-corrected chi connectivity index (χ3v) is 0.576. The van der Waals surface area contributed by atoms with Crippen LogP contribution in [0.5, 0.6) is 0 Å². The van der Waals surface area contributed by atoms with Gasteiger partial charge in [-0.2, -0.15) is 6.20 Å². The van der Waals surface area contributed by atoms with Gasteiger partial charge in [0.05, 0.1) is 0 Å². The van der Waals surface area contributed by atoms with Crippen molar-refractivity contribution in [1.82, 2.24) is 5.32 Å². The Morgan fingerprint density at radius 2 is 2.20 bits per heavy atom. The summed E-state index contributed by atoms with van der Waals surface area (Å²) in [7, 11) is 1.53. The van der Waals surface area contributed by atoms with Gasteiger partial charge < -0.3 is 5.32 Å². The summed E-state index contributed by atoms with van der Waals surface area (Å²) in [5, 5.41) is 5.41. The van der Waals surface area contributed by atoms with Crippen molar-refractivity contribution in [3.63, 3.8) is 0 Å². The third kappa shape index (κ3) is 8.32. The largest absolute Gasteiger partial charge is 1.00 e. The van der Waals surface area contributed by atoms with Gasteiger partial charge in [-0.1, -0.05) is 0 Å². The Balaban J connectivity index is 0. The van der Waals surface area contributed by atoms with E-state index in [-0.39, 0.29) is 51.4 Å². The predicted molar refractivity (Wildman–Crippen MR) is 32.6 cm³/mol. The second-order valence-corrected chi connectivity index (χ2v) is 1.20. The molecule has 0 aromatic carbocycles. The molecule has 0 unspecified atom stereocenters. The molecule has 50 valence electrons. The normalized spacial score (nSPS) is 8.10. The summed E-state index contributed by atoms with van der Waals surface area (Å²) in [6.07, 6.45) is 2.79. The SMILES string of the molecule is C[N-]/C=C\C(=O)NC=O.[K+]. The maximum absolute atomic E-state index is 10.3. The molecular weight excluding hydrogens is 159 g/mol. The second-order valence-electron chi connectivity index (χ2n) is 1.20. The molecule has 0 fully saturated rings. The van der Waals surface area contributed by atoms with E-state index in [1.54, 1.807) is 0 Å². The van der Waals surface area contributed by atoms with Crippen LogP contribution in [0.2, 0.25) is 0 Å². The molecule has 5 heteroatoms. The van der Waals surface area contributed by atoms with E-state index in [4.69, 9.17) is 0 Å². The quantitative estimate of drug-likeness (QED) is 0.272. The first kappa shape index (κ1) is 12.9. The van der Waals surface area contributed by atoms with E-state index in [1.807, 2.05) is 5.32 Å². The Morgan fingerprint density at radius 1 is 1.60 bits per heavy atom. The van der Waals surface area contributed by atoms with Crippen molar-refractivity contribution in [3.05, 3.63) is 17.6 Å². The second kappa shape index (κ2) is 9.32. The molecule has 10 heavy (non-hydrogen) atoms. The Morgan fingerprint density at radius 3 is 2.60 bits per heavy atom. The Bertz CT molecular complexity index is 136. The van der Waals surface area contributed by atoms with Crippen molar-refractivity contribution in [2.24, 2.45) is 0 Å². The fourth-order valence-electron chi connectivity index (χ4n) is 0.248. The molecule has 1 N–H and O–H groups in total. The summed E-state index contributed by atoms with van der Waals surface area (Å²) >= 11 is 0. The fourth-order valence-corrected chi connectivity index (χ4v) is 0.248. The standard InChI is InChI=1S/C5H8N2O2.K/c1-6-3-2-5(9)7-4-8;/h2-4H,1H3,(H2,6,7,8,9);/q;+1/p-1. The van der Waals surface area contributed by atoms with Gasteiger partial charge in [0.15, 0.2) is 0 Å². The number of imide groups is 1. The molecule has 0 aliphatic rings. The van der Waals surface area contributed by atoms with Gasteiger partial charge >= 0.3 is 51.4 Å². The van der Waals surface area contributed by atoms with Crippen LogP contribution in [0.4, 0.5) is 0 Å². The van der Waals surface area contributed by atoms with Crippen molar-refractivity contribution in [2.45, 2.75) is 0 Å². The summed E-state index contributed by atoms with van der Waals surface area (Å²) in [6.45, 7) is 0. The van der Waals surface area contributed by atoms with E-state index in [2.05, 4.69) is 5.32 Å². The van der Waals surface area contributed by atoms with E-state index in [1.165, 1.54) is 13.2 Å². The molecule has 0 heterocycles. The van der Waals surface area contributed by atoms with Crippen LogP contribution in [-0.4, -0.2) is 19.4 Å². The third-order valence-electron chi connectivity index (χ3n) is 0.576. The maximum Gasteiger partial charge on any atom is 1.00 e. The van der Waals surface area contributed by atoms with Gasteiger partial charge in [0.1, 0.15) is 0 Å². The monoisotopic (exact) mass is 166 g/mol. The van der Waals surface area contributed by atoms with Crippen LogP contribution in [0.15, 0.2) is 12.3 Å². The summed E-state index contributed by atoms with van der Waals surface area (Å²) < 4.78 is 0. The van der Waals surface area contributed by atoms with Gasteiger partial charge in [-0.3, -0.25) is 14.9 Å². The number of hydrogen-bond acceptors (Lipinski definition) is 2. The van der Waals surface area contributed by atoms with Gasteiger partial charge in [0, 0.05) is 0 Å². The van der Waals surface area contributed by atoms with Crippen LogP contribution in [0.3, 0.4) is 0 Å². The van der Waals surface area contributed by atoms with Crippen molar-refractivity contribution < 1.29 is 61.0 Å². The molecule has 0 saturated carbocycles. The number of carbonyl (C=O) groups is 2. The maximum atomic E-state index is 10.3. The molecule has 2 amide bonds. The molecule has 4 nitrogen and oxygen atoms in total. The molecule has 0 saturated heterocycles. The summed E-state index contributed by atoms with van der Waals surface area (Å²) in [4.78, 5) is 19.9. The average molecular weight is 166 g/mol. The van der Waals surface area contributed by atoms with Gasteiger partial charge in [-0.05, 0) is 6.08 Å².